The Morgan fingerprint density at radius 3 is 3.24 bits per heavy atom. The molecule has 5 nitrogen and oxygen atoms in total. The van der Waals surface area contributed by atoms with Crippen LogP contribution in [-0.4, -0.2) is 19.3 Å². The summed E-state index contributed by atoms with van der Waals surface area (Å²) in [4.78, 5) is 4.21. The Morgan fingerprint density at radius 2 is 2.41 bits per heavy atom. The number of benzene rings is 1. The lowest BCUT2D eigenvalue weighted by Gasteiger charge is -2.04. The third-order valence-electron chi connectivity index (χ3n) is 2.33. The van der Waals surface area contributed by atoms with Gasteiger partial charge in [0.15, 0.2) is 17.5 Å². The highest BCUT2D eigenvalue weighted by Gasteiger charge is 2.16. The Kier molecular flexibility index (Phi) is 3.49. The average molecular weight is 233 g/mol. The minimum atomic E-state index is 0.264. The highest BCUT2D eigenvalue weighted by molar-refractivity contribution is 5.78. The molecule has 0 atom stereocenters. The first kappa shape index (κ1) is 11.3. The fraction of sp³-hybridized carbons (Fsp3) is 0.250. The van der Waals surface area contributed by atoms with Gasteiger partial charge in [0.1, 0.15) is 0 Å². The molecule has 0 bridgehead atoms. The summed E-state index contributed by atoms with van der Waals surface area (Å²) in [6.07, 6.45) is 1.72. The monoisotopic (exact) mass is 233 g/mol. The molecule has 1 aromatic rings. The second kappa shape index (κ2) is 5.25. The van der Waals surface area contributed by atoms with Crippen molar-refractivity contribution in [3.05, 3.63) is 36.4 Å². The molecule has 0 saturated heterocycles. The molecule has 0 unspecified atom stereocenters. The standard InChI is InChI=1S/C12H15N3O2/c1-2-6-14-12(13)15-7-9-4-3-5-10-11(9)17-8-16-10/h2-5H,1,6-8H2,(H3,13,14,15). The van der Waals surface area contributed by atoms with Gasteiger partial charge in [0, 0.05) is 12.1 Å². The van der Waals surface area contributed by atoms with E-state index in [0.29, 0.717) is 19.0 Å². The zero-order valence-electron chi connectivity index (χ0n) is 9.48. The minimum Gasteiger partial charge on any atom is -0.454 e. The number of nitrogens with one attached hydrogen (secondary N) is 1. The Morgan fingerprint density at radius 1 is 1.53 bits per heavy atom. The van der Waals surface area contributed by atoms with Gasteiger partial charge in [0.2, 0.25) is 6.79 Å². The summed E-state index contributed by atoms with van der Waals surface area (Å²) in [6, 6.07) is 5.72. The Balaban J connectivity index is 2.04. The van der Waals surface area contributed by atoms with Gasteiger partial charge in [0.05, 0.1) is 6.54 Å². The van der Waals surface area contributed by atoms with Gasteiger partial charge < -0.3 is 20.5 Å². The average Bonchev–Trinajstić information content (AvgIpc) is 2.82. The van der Waals surface area contributed by atoms with E-state index in [-0.39, 0.29) is 6.79 Å². The Labute approximate surface area is 99.9 Å². The number of aliphatic imine (C=N–C) groups is 1. The SMILES string of the molecule is C=CCNC(N)=NCc1cccc2c1OCO2. The van der Waals surface area contributed by atoms with Gasteiger partial charge in [-0.05, 0) is 6.07 Å². The van der Waals surface area contributed by atoms with E-state index < -0.39 is 0 Å². The van der Waals surface area contributed by atoms with Crippen LogP contribution in [0.5, 0.6) is 11.5 Å². The predicted octanol–water partition coefficient (Wildman–Crippen LogP) is 1.01. The molecule has 1 heterocycles. The summed E-state index contributed by atoms with van der Waals surface area (Å²) in [5.41, 5.74) is 6.63. The topological polar surface area (TPSA) is 68.9 Å². The summed E-state index contributed by atoms with van der Waals surface area (Å²) < 4.78 is 10.7. The third kappa shape index (κ3) is 2.69. The molecule has 0 radical (unpaired) electrons. The lowest BCUT2D eigenvalue weighted by atomic mass is 10.2. The second-order valence-electron chi connectivity index (χ2n) is 3.52. The second-order valence-corrected chi connectivity index (χ2v) is 3.52. The fourth-order valence-corrected chi connectivity index (χ4v) is 1.52. The van der Waals surface area contributed by atoms with Crippen molar-refractivity contribution in [1.29, 1.82) is 0 Å². The van der Waals surface area contributed by atoms with Crippen LogP contribution in [0.1, 0.15) is 5.56 Å². The number of para-hydroxylation sites is 1. The minimum absolute atomic E-state index is 0.264. The molecule has 5 heteroatoms. The Hall–Kier alpha value is -2.17. The van der Waals surface area contributed by atoms with Crippen molar-refractivity contribution in [1.82, 2.24) is 5.32 Å². The van der Waals surface area contributed by atoms with Gasteiger partial charge in [-0.1, -0.05) is 18.2 Å². The van der Waals surface area contributed by atoms with Crippen molar-refractivity contribution in [2.75, 3.05) is 13.3 Å². The van der Waals surface area contributed by atoms with Crippen molar-refractivity contribution < 1.29 is 9.47 Å². The molecule has 0 saturated carbocycles. The molecule has 0 aliphatic carbocycles. The summed E-state index contributed by atoms with van der Waals surface area (Å²) in [6.45, 7) is 4.91. The summed E-state index contributed by atoms with van der Waals surface area (Å²) >= 11 is 0. The molecule has 0 fully saturated rings. The molecule has 1 aliphatic rings. The van der Waals surface area contributed by atoms with E-state index in [2.05, 4.69) is 16.9 Å². The molecule has 0 spiro atoms. The van der Waals surface area contributed by atoms with Crippen LogP contribution in [0.3, 0.4) is 0 Å². The van der Waals surface area contributed by atoms with Crippen LogP contribution in [0.4, 0.5) is 0 Å². The van der Waals surface area contributed by atoms with Crippen LogP contribution in [-0.2, 0) is 6.54 Å². The van der Waals surface area contributed by atoms with Gasteiger partial charge >= 0.3 is 0 Å². The van der Waals surface area contributed by atoms with E-state index in [1.54, 1.807) is 6.08 Å². The summed E-state index contributed by atoms with van der Waals surface area (Å²) in [5, 5.41) is 2.91. The zero-order chi connectivity index (χ0) is 12.1. The maximum absolute atomic E-state index is 5.67. The smallest absolute Gasteiger partial charge is 0.231 e. The van der Waals surface area contributed by atoms with E-state index >= 15 is 0 Å². The van der Waals surface area contributed by atoms with Crippen LogP contribution in [0.25, 0.3) is 0 Å². The number of fused-ring (bicyclic) bond motifs is 1. The van der Waals surface area contributed by atoms with Crippen molar-refractivity contribution in [2.24, 2.45) is 10.7 Å². The van der Waals surface area contributed by atoms with E-state index in [9.17, 15) is 0 Å². The number of hydrogen-bond acceptors (Lipinski definition) is 3. The third-order valence-corrected chi connectivity index (χ3v) is 2.33. The highest BCUT2D eigenvalue weighted by Crippen LogP contribution is 2.35. The number of guanidine groups is 1. The fourth-order valence-electron chi connectivity index (χ4n) is 1.52. The van der Waals surface area contributed by atoms with Crippen molar-refractivity contribution in [3.8, 4) is 11.5 Å². The summed E-state index contributed by atoms with van der Waals surface area (Å²) in [7, 11) is 0. The molecule has 2 rings (SSSR count). The van der Waals surface area contributed by atoms with Crippen molar-refractivity contribution in [2.45, 2.75) is 6.54 Å². The maximum atomic E-state index is 5.67. The normalized spacial score (nSPS) is 13.5. The van der Waals surface area contributed by atoms with Gasteiger partial charge in [-0.25, -0.2) is 4.99 Å². The molecule has 17 heavy (non-hydrogen) atoms. The molecular formula is C12H15N3O2. The van der Waals surface area contributed by atoms with Crippen molar-refractivity contribution in [3.63, 3.8) is 0 Å². The van der Waals surface area contributed by atoms with Crippen LogP contribution in [0.15, 0.2) is 35.8 Å². The van der Waals surface area contributed by atoms with Crippen LogP contribution in [0, 0.1) is 0 Å². The van der Waals surface area contributed by atoms with E-state index in [1.165, 1.54) is 0 Å². The number of nitrogens with two attached hydrogens (primary N) is 1. The van der Waals surface area contributed by atoms with Gasteiger partial charge in [0.25, 0.3) is 0 Å². The first-order valence-electron chi connectivity index (χ1n) is 5.33. The molecular weight excluding hydrogens is 218 g/mol. The number of rotatable bonds is 4. The molecule has 90 valence electrons. The lowest BCUT2D eigenvalue weighted by Crippen LogP contribution is -2.31. The van der Waals surface area contributed by atoms with E-state index in [1.807, 2.05) is 18.2 Å². The lowest BCUT2D eigenvalue weighted by molar-refractivity contribution is 0.173. The molecule has 3 N–H and O–H groups in total. The molecule has 1 aliphatic heterocycles. The van der Waals surface area contributed by atoms with Crippen LogP contribution < -0.4 is 20.5 Å². The van der Waals surface area contributed by atoms with Gasteiger partial charge in [-0.3, -0.25) is 0 Å². The predicted molar refractivity (Wildman–Crippen MR) is 66.1 cm³/mol. The number of ether oxygens (including phenoxy) is 2. The van der Waals surface area contributed by atoms with Crippen LogP contribution >= 0.6 is 0 Å². The Bertz CT molecular complexity index is 443. The first-order valence-corrected chi connectivity index (χ1v) is 5.33. The van der Waals surface area contributed by atoms with Gasteiger partial charge in [-0.2, -0.15) is 0 Å². The van der Waals surface area contributed by atoms with Crippen molar-refractivity contribution >= 4 is 5.96 Å². The van der Waals surface area contributed by atoms with E-state index in [4.69, 9.17) is 15.2 Å². The molecule has 0 aromatic heterocycles. The first-order chi connectivity index (χ1) is 8.31. The molecule has 0 amide bonds. The summed E-state index contributed by atoms with van der Waals surface area (Å²) in [5.74, 6) is 1.91. The zero-order valence-corrected chi connectivity index (χ0v) is 9.48. The number of nitrogens with zero attached hydrogens (tertiary/aromatic N) is 1. The van der Waals surface area contributed by atoms with Crippen LogP contribution in [0.2, 0.25) is 0 Å². The van der Waals surface area contributed by atoms with Gasteiger partial charge in [-0.15, -0.1) is 6.58 Å². The molecule has 1 aromatic carbocycles. The maximum Gasteiger partial charge on any atom is 0.231 e. The largest absolute Gasteiger partial charge is 0.454 e. The number of hydrogen-bond donors (Lipinski definition) is 2. The quantitative estimate of drug-likeness (QED) is 0.462. The van der Waals surface area contributed by atoms with E-state index in [0.717, 1.165) is 17.1 Å². The highest BCUT2D eigenvalue weighted by atomic mass is 16.7.